The van der Waals surface area contributed by atoms with Crippen LogP contribution in [0.3, 0.4) is 0 Å². The second-order valence-electron chi connectivity index (χ2n) is 7.98. The van der Waals surface area contributed by atoms with Crippen LogP contribution >= 0.6 is 7.82 Å². The van der Waals surface area contributed by atoms with Crippen molar-refractivity contribution < 1.29 is 41.9 Å². The van der Waals surface area contributed by atoms with Gasteiger partial charge in [0.15, 0.2) is 6.73 Å². The smallest absolute Gasteiger partial charge is 0.432 e. The second-order valence-corrected chi connectivity index (χ2v) is 9.39. The quantitative estimate of drug-likeness (QED) is 0.411. The number of nitrogens with zero attached hydrogens (tertiary/aromatic N) is 3. The highest BCUT2D eigenvalue weighted by atomic mass is 31.2. The molecule has 3 rings (SSSR count). The van der Waals surface area contributed by atoms with Crippen molar-refractivity contribution in [2.45, 2.75) is 72.3 Å². The molecular weight excluding hydrogens is 492 g/mol. The Morgan fingerprint density at radius 2 is 1.89 bits per heavy atom. The molecule has 0 saturated carbocycles. The first kappa shape index (κ1) is 29.1. The van der Waals surface area contributed by atoms with Crippen molar-refractivity contribution in [3.05, 3.63) is 32.9 Å². The zero-order chi connectivity index (χ0) is 26.3. The van der Waals surface area contributed by atoms with Crippen LogP contribution in [0.15, 0.2) is 15.8 Å². The summed E-state index contributed by atoms with van der Waals surface area (Å²) in [5, 5.41) is 0. The fourth-order valence-electron chi connectivity index (χ4n) is 3.42. The van der Waals surface area contributed by atoms with Crippen LogP contribution in [-0.4, -0.2) is 69.6 Å². The molecular formula is C20H33FN3O10P. The Labute approximate surface area is 201 Å². The molecule has 0 spiro atoms. The second kappa shape index (κ2) is 12.7. The number of fused-ring (bicyclic) bond motifs is 1. The number of aromatic nitrogens is 2. The average Bonchev–Trinajstić information content (AvgIpc) is 3.19. The van der Waals surface area contributed by atoms with Crippen LogP contribution in [0, 0.1) is 5.82 Å². The van der Waals surface area contributed by atoms with Crippen LogP contribution in [-0.2, 0) is 34.6 Å². The van der Waals surface area contributed by atoms with Gasteiger partial charge >= 0.3 is 19.7 Å². The number of hydrogen-bond acceptors (Lipinski definition) is 10. The highest BCUT2D eigenvalue weighted by molar-refractivity contribution is 7.47. The standard InChI is InChI=1S/C14H18FN2O10P.C6H15N/c1-7(2)25-14(20)23-6-17-12(18)8(15)4-16(13(17)19)11-3-9-10(26-11)5-24-28(21,22)27-9;1-4-7(5-2)6-3/h4,7,9-11H,3,5-6H2,1-2H3,(H,21,22);4-6H2,1-3H3/t9-,10+,11+;/m0./s1. The van der Waals surface area contributed by atoms with Gasteiger partial charge in [0, 0.05) is 6.42 Å². The maximum Gasteiger partial charge on any atom is 0.510 e. The summed E-state index contributed by atoms with van der Waals surface area (Å²) in [6.45, 7) is 12.1. The molecule has 0 aliphatic carbocycles. The minimum Gasteiger partial charge on any atom is -0.432 e. The predicted octanol–water partition coefficient (Wildman–Crippen LogP) is 1.82. The molecule has 2 fully saturated rings. The van der Waals surface area contributed by atoms with Crippen molar-refractivity contribution in [2.75, 3.05) is 26.2 Å². The molecule has 4 atom stereocenters. The Morgan fingerprint density at radius 1 is 1.26 bits per heavy atom. The zero-order valence-corrected chi connectivity index (χ0v) is 21.3. The maximum absolute atomic E-state index is 14.0. The summed E-state index contributed by atoms with van der Waals surface area (Å²) in [5.41, 5.74) is -2.31. The fraction of sp³-hybridized carbons (Fsp3) is 0.750. The minimum atomic E-state index is -4.22. The van der Waals surface area contributed by atoms with Gasteiger partial charge in [0.05, 0.1) is 18.9 Å². The summed E-state index contributed by atoms with van der Waals surface area (Å²) < 4.78 is 51.1. The van der Waals surface area contributed by atoms with E-state index in [0.29, 0.717) is 10.8 Å². The van der Waals surface area contributed by atoms with Gasteiger partial charge in [-0.15, -0.1) is 0 Å². The Bertz CT molecular complexity index is 1020. The lowest BCUT2D eigenvalue weighted by Crippen LogP contribution is -2.43. The van der Waals surface area contributed by atoms with E-state index in [9.17, 15) is 28.2 Å². The molecule has 0 amide bonds. The molecule has 0 bridgehead atoms. The van der Waals surface area contributed by atoms with Gasteiger partial charge in [-0.25, -0.2) is 18.7 Å². The number of rotatable bonds is 7. The molecule has 1 unspecified atom stereocenters. The first-order valence-electron chi connectivity index (χ1n) is 11.3. The first-order valence-corrected chi connectivity index (χ1v) is 12.8. The zero-order valence-electron chi connectivity index (χ0n) is 20.4. The van der Waals surface area contributed by atoms with E-state index in [-0.39, 0.29) is 13.0 Å². The van der Waals surface area contributed by atoms with Gasteiger partial charge in [-0.3, -0.25) is 18.4 Å². The van der Waals surface area contributed by atoms with Crippen LogP contribution in [0.4, 0.5) is 9.18 Å². The van der Waals surface area contributed by atoms with Crippen LogP contribution in [0.2, 0.25) is 0 Å². The first-order chi connectivity index (χ1) is 16.4. The Morgan fingerprint density at radius 3 is 2.43 bits per heavy atom. The van der Waals surface area contributed by atoms with Crippen molar-refractivity contribution in [1.29, 1.82) is 0 Å². The van der Waals surface area contributed by atoms with E-state index in [1.807, 2.05) is 0 Å². The van der Waals surface area contributed by atoms with Crippen LogP contribution < -0.4 is 11.2 Å². The third kappa shape index (κ3) is 7.95. The van der Waals surface area contributed by atoms with Gasteiger partial charge in [-0.1, -0.05) is 20.8 Å². The summed E-state index contributed by atoms with van der Waals surface area (Å²) >= 11 is 0. The number of hydrogen-bond donors (Lipinski definition) is 1. The fourth-order valence-corrected chi connectivity index (χ4v) is 4.38. The summed E-state index contributed by atoms with van der Waals surface area (Å²) in [7, 11) is -4.22. The molecule has 1 N–H and O–H groups in total. The molecule has 0 radical (unpaired) electrons. The van der Waals surface area contributed by atoms with Crippen molar-refractivity contribution >= 4 is 14.0 Å². The van der Waals surface area contributed by atoms with Gasteiger partial charge in [0.25, 0.3) is 5.56 Å². The highest BCUT2D eigenvalue weighted by Gasteiger charge is 2.46. The van der Waals surface area contributed by atoms with E-state index in [1.54, 1.807) is 13.8 Å². The summed E-state index contributed by atoms with van der Waals surface area (Å²) in [4.78, 5) is 47.7. The molecule has 13 nitrogen and oxygen atoms in total. The number of ether oxygens (including phenoxy) is 3. The van der Waals surface area contributed by atoms with Crippen LogP contribution in [0.5, 0.6) is 0 Å². The van der Waals surface area contributed by atoms with Gasteiger partial charge < -0.3 is 24.0 Å². The van der Waals surface area contributed by atoms with E-state index in [4.69, 9.17) is 14.0 Å². The third-order valence-corrected chi connectivity index (χ3v) is 6.31. The molecule has 1 aromatic heterocycles. The van der Waals surface area contributed by atoms with Gasteiger partial charge in [0.2, 0.25) is 5.82 Å². The molecule has 2 saturated heterocycles. The Balaban J connectivity index is 0.000000540. The summed E-state index contributed by atoms with van der Waals surface area (Å²) in [5.74, 6) is -1.29. The lowest BCUT2D eigenvalue weighted by Gasteiger charge is -2.26. The van der Waals surface area contributed by atoms with Crippen molar-refractivity contribution in [3.63, 3.8) is 0 Å². The van der Waals surface area contributed by atoms with Crippen molar-refractivity contribution in [3.8, 4) is 0 Å². The number of carbonyl (C=O) groups is 1. The molecule has 35 heavy (non-hydrogen) atoms. The normalized spacial score (nSPS) is 25.7. The van der Waals surface area contributed by atoms with Gasteiger partial charge in [-0.2, -0.15) is 4.39 Å². The van der Waals surface area contributed by atoms with E-state index in [0.717, 1.165) is 4.57 Å². The van der Waals surface area contributed by atoms with Gasteiger partial charge in [-0.05, 0) is 33.5 Å². The molecule has 1 aromatic rings. The van der Waals surface area contributed by atoms with E-state index in [2.05, 4.69) is 34.9 Å². The van der Waals surface area contributed by atoms with Crippen LogP contribution in [0.1, 0.15) is 47.3 Å². The summed E-state index contributed by atoms with van der Waals surface area (Å²) in [6.07, 6.45) is -3.75. The number of halogens is 1. The Hall–Kier alpha value is -2.09. The third-order valence-electron chi connectivity index (χ3n) is 5.30. The van der Waals surface area contributed by atoms with E-state index in [1.165, 1.54) is 19.6 Å². The number of carbonyl (C=O) groups excluding carboxylic acids is 1. The Kier molecular flexibility index (Phi) is 10.6. The number of phosphoric acid groups is 1. The van der Waals surface area contributed by atoms with Crippen molar-refractivity contribution in [1.82, 2.24) is 14.0 Å². The molecule has 2 aliphatic rings. The molecule has 15 heteroatoms. The monoisotopic (exact) mass is 525 g/mol. The van der Waals surface area contributed by atoms with E-state index >= 15 is 0 Å². The SMILES string of the molecule is CC(C)OC(=O)OCn1c(=O)c(F)cn([C@H]2C[C@@H]3OP(=O)(O)OC[C@H]3O2)c1=O.CCN(CC)CC. The topological polar surface area (TPSA) is 148 Å². The predicted molar refractivity (Wildman–Crippen MR) is 120 cm³/mol. The highest BCUT2D eigenvalue weighted by Crippen LogP contribution is 2.52. The maximum atomic E-state index is 14.0. The molecule has 3 heterocycles. The van der Waals surface area contributed by atoms with Crippen molar-refractivity contribution in [2.24, 2.45) is 0 Å². The number of phosphoric ester groups is 1. The lowest BCUT2D eigenvalue weighted by atomic mass is 10.2. The lowest BCUT2D eigenvalue weighted by molar-refractivity contribution is -0.0688. The molecule has 200 valence electrons. The minimum absolute atomic E-state index is 0.0631. The van der Waals surface area contributed by atoms with Gasteiger partial charge in [0.1, 0.15) is 18.4 Å². The largest absolute Gasteiger partial charge is 0.510 e. The molecule has 0 aromatic carbocycles. The van der Waals surface area contributed by atoms with E-state index < -0.39 is 62.3 Å². The average molecular weight is 525 g/mol. The molecule has 2 aliphatic heterocycles. The van der Waals surface area contributed by atoms with Crippen LogP contribution in [0.25, 0.3) is 0 Å². The summed E-state index contributed by atoms with van der Waals surface area (Å²) in [6, 6.07) is 0.